The normalized spacial score (nSPS) is 40.3. The third-order valence-corrected chi connectivity index (χ3v) is 13.5. The van der Waals surface area contributed by atoms with Crippen molar-refractivity contribution < 1.29 is 14.6 Å². The lowest BCUT2D eigenvalue weighted by atomic mass is 9.43. The number of ether oxygens (including phenoxy) is 1. The number of aliphatic hydroxyl groups is 1. The van der Waals surface area contributed by atoms with Gasteiger partial charge in [-0.2, -0.15) is 5.26 Å². The maximum atomic E-state index is 12.9. The van der Waals surface area contributed by atoms with E-state index in [0.29, 0.717) is 40.6 Å². The summed E-state index contributed by atoms with van der Waals surface area (Å²) in [5, 5.41) is 21.0. The van der Waals surface area contributed by atoms with Gasteiger partial charge in [-0.15, -0.1) is 0 Å². The van der Waals surface area contributed by atoms with Crippen molar-refractivity contribution in [1.29, 1.82) is 5.26 Å². The van der Waals surface area contributed by atoms with Crippen LogP contribution in [0, 0.1) is 63.6 Å². The smallest absolute Gasteiger partial charge is 0.338 e. The molecule has 0 spiro atoms. The van der Waals surface area contributed by atoms with Crippen LogP contribution in [0.25, 0.3) is 0 Å². The van der Waals surface area contributed by atoms with Gasteiger partial charge in [-0.25, -0.2) is 4.79 Å². The maximum Gasteiger partial charge on any atom is 0.338 e. The molecule has 0 bridgehead atoms. The molecule has 226 valence electrons. The number of carbonyl (C=O) groups is 1. The quantitative estimate of drug-likeness (QED) is 0.305. The minimum atomic E-state index is -0.427. The van der Waals surface area contributed by atoms with Crippen LogP contribution in [0.5, 0.6) is 0 Å². The van der Waals surface area contributed by atoms with Crippen LogP contribution in [0.15, 0.2) is 30.3 Å². The van der Waals surface area contributed by atoms with Gasteiger partial charge in [0.25, 0.3) is 0 Å². The molecule has 4 heteroatoms. The van der Waals surface area contributed by atoms with Crippen LogP contribution in [0.2, 0.25) is 0 Å². The van der Waals surface area contributed by atoms with Gasteiger partial charge in [0, 0.05) is 0 Å². The molecule has 4 saturated carbocycles. The standard InChI is InChI=1S/C37H55NO3/c1-6-26(24-38)33(41-34(39)27-11-9-8-10-12-27)18-13-25(3)30-16-17-31-29-15-14-28-23-37(40,7-2)22-21-35(28,4)32(29)19-20-36(30,31)5/h8-12,25-26,28-33,40H,6-7,13-23H2,1-5H3/t25-,26+,28+,29+,30-,31+,32+,33-,35+,36-,37+/m1/s1. The predicted octanol–water partition coefficient (Wildman–Crippen LogP) is 8.98. The summed E-state index contributed by atoms with van der Waals surface area (Å²) in [6, 6.07) is 11.6. The number of hydrogen-bond donors (Lipinski definition) is 1. The highest BCUT2D eigenvalue weighted by Gasteiger charge is 2.61. The van der Waals surface area contributed by atoms with Crippen molar-refractivity contribution in [2.75, 3.05) is 0 Å². The fourth-order valence-electron chi connectivity index (χ4n) is 10.8. The summed E-state index contributed by atoms with van der Waals surface area (Å²) >= 11 is 0. The number of nitriles is 1. The lowest BCUT2D eigenvalue weighted by molar-refractivity contribution is -0.152. The van der Waals surface area contributed by atoms with Crippen molar-refractivity contribution in [2.45, 2.75) is 130 Å². The number of rotatable bonds is 9. The van der Waals surface area contributed by atoms with Crippen LogP contribution in [-0.2, 0) is 4.74 Å². The summed E-state index contributed by atoms with van der Waals surface area (Å²) in [6.07, 6.45) is 14.2. The van der Waals surface area contributed by atoms with Crippen LogP contribution in [-0.4, -0.2) is 22.8 Å². The average molecular weight is 562 g/mol. The van der Waals surface area contributed by atoms with Crippen LogP contribution in [0.3, 0.4) is 0 Å². The SMILES string of the molecule is CC[C@@H](C#N)[C@@H](CC[C@@H](C)[C@H]1CC[C@H]2[C@@H]3CC[C@H]4C[C@](O)(CC)CC[C@]4(C)[C@H]3CC[C@]12C)OC(=O)c1ccccc1. The number of nitrogens with zero attached hydrogens (tertiary/aromatic N) is 1. The van der Waals surface area contributed by atoms with Gasteiger partial charge in [-0.05, 0) is 142 Å². The number of fused-ring (bicyclic) bond motifs is 5. The Morgan fingerprint density at radius 2 is 1.73 bits per heavy atom. The Morgan fingerprint density at radius 3 is 2.41 bits per heavy atom. The number of esters is 1. The molecule has 0 aromatic heterocycles. The Kier molecular flexibility index (Phi) is 8.97. The molecule has 0 saturated heterocycles. The molecule has 4 fully saturated rings. The molecular formula is C37H55NO3. The third-order valence-electron chi connectivity index (χ3n) is 13.5. The first-order chi connectivity index (χ1) is 19.6. The average Bonchev–Trinajstić information content (AvgIpc) is 3.34. The van der Waals surface area contributed by atoms with Gasteiger partial charge < -0.3 is 9.84 Å². The second-order valence-electron chi connectivity index (χ2n) is 15.2. The van der Waals surface area contributed by atoms with Crippen molar-refractivity contribution in [3.8, 4) is 6.07 Å². The molecule has 4 aliphatic carbocycles. The summed E-state index contributed by atoms with van der Waals surface area (Å²) in [4.78, 5) is 12.9. The molecule has 0 amide bonds. The summed E-state index contributed by atoms with van der Waals surface area (Å²) in [7, 11) is 0. The first kappa shape index (κ1) is 30.6. The molecule has 4 nitrogen and oxygen atoms in total. The van der Waals surface area contributed by atoms with E-state index in [1.165, 1.54) is 44.9 Å². The van der Waals surface area contributed by atoms with E-state index in [2.05, 4.69) is 33.8 Å². The molecule has 1 aromatic carbocycles. The van der Waals surface area contributed by atoms with Gasteiger partial charge in [-0.3, -0.25) is 0 Å². The topological polar surface area (TPSA) is 70.3 Å². The van der Waals surface area contributed by atoms with E-state index in [-0.39, 0.29) is 18.0 Å². The Bertz CT molecular complexity index is 1100. The van der Waals surface area contributed by atoms with Gasteiger partial charge in [0.2, 0.25) is 0 Å². The van der Waals surface area contributed by atoms with E-state index >= 15 is 0 Å². The van der Waals surface area contributed by atoms with E-state index < -0.39 is 5.60 Å². The number of carbonyl (C=O) groups excluding carboxylic acids is 1. The number of benzene rings is 1. The maximum absolute atomic E-state index is 12.9. The zero-order chi connectivity index (χ0) is 29.4. The monoisotopic (exact) mass is 561 g/mol. The fourth-order valence-corrected chi connectivity index (χ4v) is 10.8. The minimum Gasteiger partial charge on any atom is -0.457 e. The van der Waals surface area contributed by atoms with Crippen LogP contribution in [0.1, 0.15) is 128 Å². The van der Waals surface area contributed by atoms with Gasteiger partial charge >= 0.3 is 5.97 Å². The van der Waals surface area contributed by atoms with Gasteiger partial charge in [-0.1, -0.05) is 52.8 Å². The van der Waals surface area contributed by atoms with Crippen molar-refractivity contribution in [3.63, 3.8) is 0 Å². The van der Waals surface area contributed by atoms with Crippen LogP contribution in [0.4, 0.5) is 0 Å². The lowest BCUT2D eigenvalue weighted by Crippen LogP contribution is -2.56. The molecule has 1 aromatic rings. The summed E-state index contributed by atoms with van der Waals surface area (Å²) in [5.41, 5.74) is 0.918. The molecule has 0 heterocycles. The van der Waals surface area contributed by atoms with E-state index in [1.807, 2.05) is 25.1 Å². The third kappa shape index (κ3) is 5.62. The Hall–Kier alpha value is -1.86. The van der Waals surface area contributed by atoms with Crippen LogP contribution >= 0.6 is 0 Å². The highest BCUT2D eigenvalue weighted by molar-refractivity contribution is 5.89. The van der Waals surface area contributed by atoms with Crippen molar-refractivity contribution in [3.05, 3.63) is 35.9 Å². The Balaban J connectivity index is 1.24. The molecule has 5 rings (SSSR count). The molecule has 0 aliphatic heterocycles. The molecule has 0 unspecified atom stereocenters. The number of hydrogen-bond acceptors (Lipinski definition) is 4. The Morgan fingerprint density at radius 1 is 1.00 bits per heavy atom. The van der Waals surface area contributed by atoms with E-state index in [9.17, 15) is 15.2 Å². The van der Waals surface area contributed by atoms with Crippen LogP contribution < -0.4 is 0 Å². The first-order valence-corrected chi connectivity index (χ1v) is 17.0. The Labute approximate surface area is 249 Å². The summed E-state index contributed by atoms with van der Waals surface area (Å²) in [5.74, 6) is 3.82. The van der Waals surface area contributed by atoms with Gasteiger partial charge in [0.1, 0.15) is 6.10 Å². The fraction of sp³-hybridized carbons (Fsp3) is 0.784. The van der Waals surface area contributed by atoms with Gasteiger partial charge in [0.15, 0.2) is 0 Å². The second kappa shape index (κ2) is 12.0. The van der Waals surface area contributed by atoms with Crippen molar-refractivity contribution in [2.24, 2.45) is 52.3 Å². The van der Waals surface area contributed by atoms with E-state index in [1.54, 1.807) is 12.1 Å². The second-order valence-corrected chi connectivity index (χ2v) is 15.2. The zero-order valence-corrected chi connectivity index (χ0v) is 26.4. The zero-order valence-electron chi connectivity index (χ0n) is 26.4. The molecule has 11 atom stereocenters. The summed E-state index contributed by atoms with van der Waals surface area (Å²) in [6.45, 7) is 11.8. The first-order valence-electron chi connectivity index (χ1n) is 17.0. The highest BCUT2D eigenvalue weighted by Crippen LogP contribution is 2.69. The minimum absolute atomic E-state index is 0.269. The largest absolute Gasteiger partial charge is 0.457 e. The van der Waals surface area contributed by atoms with E-state index in [0.717, 1.165) is 49.9 Å². The highest BCUT2D eigenvalue weighted by atomic mass is 16.5. The molecule has 41 heavy (non-hydrogen) atoms. The molecule has 0 radical (unpaired) electrons. The van der Waals surface area contributed by atoms with Gasteiger partial charge in [0.05, 0.1) is 23.2 Å². The van der Waals surface area contributed by atoms with E-state index in [4.69, 9.17) is 4.74 Å². The predicted molar refractivity (Wildman–Crippen MR) is 164 cm³/mol. The van der Waals surface area contributed by atoms with Crippen molar-refractivity contribution in [1.82, 2.24) is 0 Å². The molecule has 4 aliphatic rings. The summed E-state index contributed by atoms with van der Waals surface area (Å²) < 4.78 is 6.00. The van der Waals surface area contributed by atoms with Crippen molar-refractivity contribution >= 4 is 5.97 Å². The molecular weight excluding hydrogens is 506 g/mol. The molecule has 1 N–H and O–H groups in total. The lowest BCUT2D eigenvalue weighted by Gasteiger charge is -2.62.